The number of halogens is 1. The van der Waals surface area contributed by atoms with Crippen LogP contribution in [0.3, 0.4) is 0 Å². The van der Waals surface area contributed by atoms with Gasteiger partial charge < -0.3 is 10.6 Å². The maximum Gasteiger partial charge on any atom is 0.0415 e. The van der Waals surface area contributed by atoms with E-state index >= 15 is 0 Å². The third kappa shape index (κ3) is 3.14. The highest BCUT2D eigenvalue weighted by Crippen LogP contribution is 2.29. The molecule has 1 aromatic carbocycles. The molecule has 94 valence electrons. The summed E-state index contributed by atoms with van der Waals surface area (Å²) < 4.78 is 0. The van der Waals surface area contributed by atoms with Crippen LogP contribution in [0.4, 0.5) is 5.69 Å². The van der Waals surface area contributed by atoms with Gasteiger partial charge in [-0.25, -0.2) is 0 Å². The van der Waals surface area contributed by atoms with E-state index in [1.54, 1.807) is 0 Å². The van der Waals surface area contributed by atoms with Crippen molar-refractivity contribution in [1.29, 1.82) is 0 Å². The van der Waals surface area contributed by atoms with Crippen LogP contribution >= 0.6 is 11.6 Å². The van der Waals surface area contributed by atoms with Crippen molar-refractivity contribution in [2.45, 2.75) is 38.6 Å². The van der Waals surface area contributed by atoms with Gasteiger partial charge in [0.2, 0.25) is 0 Å². The molecule has 1 aliphatic rings. The number of benzene rings is 1. The van der Waals surface area contributed by atoms with Gasteiger partial charge in [0, 0.05) is 29.8 Å². The average molecular weight is 253 g/mol. The minimum atomic E-state index is 0.0342. The monoisotopic (exact) mass is 252 g/mol. The van der Waals surface area contributed by atoms with Crippen molar-refractivity contribution < 1.29 is 0 Å². The first-order chi connectivity index (χ1) is 8.18. The molecule has 0 aliphatic carbocycles. The SMILES string of the molecule is C[C@@H](N)c1cc(Cl)ccc1N1CCCCCC1. The zero-order chi connectivity index (χ0) is 12.3. The van der Waals surface area contributed by atoms with Gasteiger partial charge in [0.05, 0.1) is 0 Å². The Morgan fingerprint density at radius 3 is 2.41 bits per heavy atom. The Morgan fingerprint density at radius 1 is 1.18 bits per heavy atom. The predicted octanol–water partition coefficient (Wildman–Crippen LogP) is 3.74. The third-order valence-electron chi connectivity index (χ3n) is 3.43. The van der Waals surface area contributed by atoms with Gasteiger partial charge in [-0.3, -0.25) is 0 Å². The van der Waals surface area contributed by atoms with Crippen LogP contribution in [0.25, 0.3) is 0 Å². The first kappa shape index (κ1) is 12.7. The van der Waals surface area contributed by atoms with Gasteiger partial charge in [0.25, 0.3) is 0 Å². The Balaban J connectivity index is 2.29. The molecule has 2 rings (SSSR count). The molecule has 0 aromatic heterocycles. The highest BCUT2D eigenvalue weighted by Gasteiger charge is 2.15. The molecule has 1 aromatic rings. The fourth-order valence-corrected chi connectivity index (χ4v) is 2.67. The zero-order valence-electron chi connectivity index (χ0n) is 10.5. The molecule has 1 fully saturated rings. The van der Waals surface area contributed by atoms with Crippen molar-refractivity contribution in [3.63, 3.8) is 0 Å². The molecule has 0 amide bonds. The van der Waals surface area contributed by atoms with Crippen molar-refractivity contribution in [3.05, 3.63) is 28.8 Å². The Kier molecular flexibility index (Phi) is 4.30. The van der Waals surface area contributed by atoms with Crippen LogP contribution < -0.4 is 10.6 Å². The zero-order valence-corrected chi connectivity index (χ0v) is 11.2. The van der Waals surface area contributed by atoms with Gasteiger partial charge in [-0.05, 0) is 43.5 Å². The van der Waals surface area contributed by atoms with E-state index in [9.17, 15) is 0 Å². The number of nitrogens with two attached hydrogens (primary N) is 1. The molecule has 0 unspecified atom stereocenters. The van der Waals surface area contributed by atoms with Crippen LogP contribution in [0.1, 0.15) is 44.2 Å². The second-order valence-electron chi connectivity index (χ2n) is 4.89. The van der Waals surface area contributed by atoms with E-state index < -0.39 is 0 Å². The second kappa shape index (κ2) is 5.74. The van der Waals surface area contributed by atoms with Crippen LogP contribution in [0, 0.1) is 0 Å². The molecule has 0 bridgehead atoms. The van der Waals surface area contributed by atoms with E-state index in [0.717, 1.165) is 18.1 Å². The molecule has 0 saturated carbocycles. The number of hydrogen-bond donors (Lipinski definition) is 1. The number of rotatable bonds is 2. The largest absolute Gasteiger partial charge is 0.371 e. The standard InChI is InChI=1S/C14H21ClN2/c1-11(16)13-10-12(15)6-7-14(13)17-8-4-2-3-5-9-17/h6-7,10-11H,2-5,8-9,16H2,1H3/t11-/m1/s1. The third-order valence-corrected chi connectivity index (χ3v) is 3.66. The van der Waals surface area contributed by atoms with E-state index in [2.05, 4.69) is 11.0 Å². The smallest absolute Gasteiger partial charge is 0.0415 e. The van der Waals surface area contributed by atoms with Crippen LogP contribution in [-0.4, -0.2) is 13.1 Å². The first-order valence-corrected chi connectivity index (χ1v) is 6.86. The summed E-state index contributed by atoms with van der Waals surface area (Å²) >= 11 is 6.06. The first-order valence-electron chi connectivity index (χ1n) is 6.48. The number of anilines is 1. The van der Waals surface area contributed by atoms with Crippen molar-refractivity contribution in [2.24, 2.45) is 5.73 Å². The maximum absolute atomic E-state index is 6.06. The van der Waals surface area contributed by atoms with E-state index in [1.807, 2.05) is 19.1 Å². The molecule has 1 heterocycles. The molecular formula is C14H21ClN2. The van der Waals surface area contributed by atoms with E-state index in [4.69, 9.17) is 17.3 Å². The van der Waals surface area contributed by atoms with Crippen LogP contribution in [0.15, 0.2) is 18.2 Å². The Morgan fingerprint density at radius 2 is 1.82 bits per heavy atom. The lowest BCUT2D eigenvalue weighted by Gasteiger charge is -2.26. The van der Waals surface area contributed by atoms with Crippen LogP contribution in [0.5, 0.6) is 0 Å². The number of nitrogens with zero attached hydrogens (tertiary/aromatic N) is 1. The van der Waals surface area contributed by atoms with Gasteiger partial charge >= 0.3 is 0 Å². The topological polar surface area (TPSA) is 29.3 Å². The summed E-state index contributed by atoms with van der Waals surface area (Å²) in [6.07, 6.45) is 5.25. The van der Waals surface area contributed by atoms with Crippen molar-refractivity contribution >= 4 is 17.3 Å². The Hall–Kier alpha value is -0.730. The minimum Gasteiger partial charge on any atom is -0.371 e. The summed E-state index contributed by atoms with van der Waals surface area (Å²) in [7, 11) is 0. The lowest BCUT2D eigenvalue weighted by molar-refractivity contribution is 0.726. The Bertz CT molecular complexity index is 368. The summed E-state index contributed by atoms with van der Waals surface area (Å²) in [5.41, 5.74) is 8.48. The van der Waals surface area contributed by atoms with Crippen LogP contribution in [-0.2, 0) is 0 Å². The molecule has 1 saturated heterocycles. The lowest BCUT2D eigenvalue weighted by atomic mass is 10.1. The normalized spacial score (nSPS) is 18.9. The van der Waals surface area contributed by atoms with Gasteiger partial charge in [-0.15, -0.1) is 0 Å². The van der Waals surface area contributed by atoms with Gasteiger partial charge in [0.15, 0.2) is 0 Å². The van der Waals surface area contributed by atoms with Crippen molar-refractivity contribution in [2.75, 3.05) is 18.0 Å². The highest BCUT2D eigenvalue weighted by atomic mass is 35.5. The second-order valence-corrected chi connectivity index (χ2v) is 5.33. The van der Waals surface area contributed by atoms with E-state index in [0.29, 0.717) is 0 Å². The quantitative estimate of drug-likeness (QED) is 0.869. The summed E-state index contributed by atoms with van der Waals surface area (Å²) in [4.78, 5) is 2.46. The number of hydrogen-bond acceptors (Lipinski definition) is 2. The molecule has 17 heavy (non-hydrogen) atoms. The summed E-state index contributed by atoms with van der Waals surface area (Å²) in [5, 5.41) is 0.774. The summed E-state index contributed by atoms with van der Waals surface area (Å²) in [6.45, 7) is 4.30. The van der Waals surface area contributed by atoms with Crippen molar-refractivity contribution in [1.82, 2.24) is 0 Å². The predicted molar refractivity (Wildman–Crippen MR) is 74.7 cm³/mol. The summed E-state index contributed by atoms with van der Waals surface area (Å²) in [6, 6.07) is 6.12. The maximum atomic E-state index is 6.06. The molecule has 1 atom stereocenters. The highest BCUT2D eigenvalue weighted by molar-refractivity contribution is 6.30. The van der Waals surface area contributed by atoms with E-state index in [1.165, 1.54) is 36.9 Å². The lowest BCUT2D eigenvalue weighted by Crippen LogP contribution is -2.26. The minimum absolute atomic E-state index is 0.0342. The van der Waals surface area contributed by atoms with Crippen LogP contribution in [0.2, 0.25) is 5.02 Å². The molecule has 0 spiro atoms. The Labute approximate surface area is 109 Å². The van der Waals surface area contributed by atoms with Gasteiger partial charge in [-0.2, -0.15) is 0 Å². The molecular weight excluding hydrogens is 232 g/mol. The molecule has 3 heteroatoms. The summed E-state index contributed by atoms with van der Waals surface area (Å²) in [5.74, 6) is 0. The average Bonchev–Trinajstić information content (AvgIpc) is 2.57. The molecule has 2 nitrogen and oxygen atoms in total. The van der Waals surface area contributed by atoms with Crippen molar-refractivity contribution in [3.8, 4) is 0 Å². The van der Waals surface area contributed by atoms with Gasteiger partial charge in [0.1, 0.15) is 0 Å². The molecule has 0 radical (unpaired) electrons. The molecule has 1 aliphatic heterocycles. The fraction of sp³-hybridized carbons (Fsp3) is 0.571. The van der Waals surface area contributed by atoms with E-state index in [-0.39, 0.29) is 6.04 Å². The fourth-order valence-electron chi connectivity index (χ4n) is 2.49. The van der Waals surface area contributed by atoms with Gasteiger partial charge in [-0.1, -0.05) is 24.4 Å². The molecule has 2 N–H and O–H groups in total.